The van der Waals surface area contributed by atoms with Crippen molar-refractivity contribution >= 4 is 34.4 Å². The normalized spacial score (nSPS) is 13.0. The molecule has 3 aromatic rings. The van der Waals surface area contributed by atoms with E-state index in [1.807, 2.05) is 18.2 Å². The number of carbonyl (C=O) groups excluding carboxylic acids is 3. The van der Waals surface area contributed by atoms with Gasteiger partial charge in [0.15, 0.2) is 5.76 Å². The standard InChI is InChI=1S/C17H10N2O4/c20-15-11-6-5-10(8-12(11)16(21)19-15)18-17(22)14-7-9-3-1-2-4-13(9)23-14/h1-8H,(H,18,22)(H,19,20,21). The molecule has 0 saturated carbocycles. The number of rotatable bonds is 2. The van der Waals surface area contributed by atoms with Gasteiger partial charge in [-0.2, -0.15) is 0 Å². The van der Waals surface area contributed by atoms with E-state index in [0.717, 1.165) is 5.39 Å². The molecule has 3 amide bonds. The number of nitrogens with one attached hydrogen (secondary N) is 2. The van der Waals surface area contributed by atoms with Crippen molar-refractivity contribution in [2.75, 3.05) is 5.32 Å². The number of benzene rings is 2. The smallest absolute Gasteiger partial charge is 0.291 e. The maximum atomic E-state index is 12.3. The molecule has 2 N–H and O–H groups in total. The molecule has 2 aromatic carbocycles. The molecule has 6 heteroatoms. The van der Waals surface area contributed by atoms with E-state index in [4.69, 9.17) is 4.42 Å². The highest BCUT2D eigenvalue weighted by Gasteiger charge is 2.27. The molecule has 0 aliphatic carbocycles. The molecule has 0 fully saturated rings. The van der Waals surface area contributed by atoms with Crippen LogP contribution in [0.5, 0.6) is 0 Å². The van der Waals surface area contributed by atoms with Gasteiger partial charge in [0.25, 0.3) is 17.7 Å². The molecule has 0 radical (unpaired) electrons. The van der Waals surface area contributed by atoms with E-state index in [2.05, 4.69) is 10.6 Å². The molecule has 0 atom stereocenters. The minimum absolute atomic E-state index is 0.173. The third-order valence-electron chi connectivity index (χ3n) is 3.64. The van der Waals surface area contributed by atoms with Crippen LogP contribution in [-0.4, -0.2) is 17.7 Å². The van der Waals surface area contributed by atoms with Crippen LogP contribution in [0.3, 0.4) is 0 Å². The monoisotopic (exact) mass is 306 g/mol. The molecule has 0 unspecified atom stereocenters. The Bertz CT molecular complexity index is 954. The topological polar surface area (TPSA) is 88.4 Å². The maximum Gasteiger partial charge on any atom is 0.291 e. The molecule has 112 valence electrons. The van der Waals surface area contributed by atoms with Crippen LogP contribution in [0.4, 0.5) is 5.69 Å². The average molecular weight is 306 g/mol. The van der Waals surface area contributed by atoms with Gasteiger partial charge in [0.05, 0.1) is 11.1 Å². The minimum Gasteiger partial charge on any atom is -0.451 e. The second-order valence-electron chi connectivity index (χ2n) is 5.15. The highest BCUT2D eigenvalue weighted by molar-refractivity contribution is 6.22. The summed E-state index contributed by atoms with van der Waals surface area (Å²) in [6.07, 6.45) is 0. The van der Waals surface area contributed by atoms with Gasteiger partial charge in [-0.1, -0.05) is 18.2 Å². The van der Waals surface area contributed by atoms with Gasteiger partial charge in [-0.15, -0.1) is 0 Å². The van der Waals surface area contributed by atoms with E-state index < -0.39 is 17.7 Å². The highest BCUT2D eigenvalue weighted by Crippen LogP contribution is 2.22. The Kier molecular flexibility index (Phi) is 2.77. The van der Waals surface area contributed by atoms with Gasteiger partial charge in [0.2, 0.25) is 0 Å². The Balaban J connectivity index is 1.63. The SMILES string of the molecule is O=C(Nc1ccc2c(c1)C(=O)NC2=O)c1cc2ccccc2o1. The Morgan fingerprint density at radius 2 is 1.74 bits per heavy atom. The van der Waals surface area contributed by atoms with E-state index in [1.165, 1.54) is 12.1 Å². The Hall–Kier alpha value is -3.41. The Morgan fingerprint density at radius 1 is 0.957 bits per heavy atom. The second-order valence-corrected chi connectivity index (χ2v) is 5.15. The zero-order valence-electron chi connectivity index (χ0n) is 11.8. The first-order chi connectivity index (χ1) is 11.1. The van der Waals surface area contributed by atoms with Gasteiger partial charge in [-0.3, -0.25) is 19.7 Å². The van der Waals surface area contributed by atoms with Crippen LogP contribution in [0.1, 0.15) is 31.3 Å². The van der Waals surface area contributed by atoms with Crippen LogP contribution in [0.2, 0.25) is 0 Å². The van der Waals surface area contributed by atoms with E-state index in [9.17, 15) is 14.4 Å². The first-order valence-electron chi connectivity index (χ1n) is 6.91. The summed E-state index contributed by atoms with van der Waals surface area (Å²) in [4.78, 5) is 35.4. The number of imide groups is 1. The van der Waals surface area contributed by atoms with Crippen LogP contribution in [-0.2, 0) is 0 Å². The predicted octanol–water partition coefficient (Wildman–Crippen LogP) is 2.57. The van der Waals surface area contributed by atoms with E-state index in [0.29, 0.717) is 16.8 Å². The summed E-state index contributed by atoms with van der Waals surface area (Å²) < 4.78 is 5.49. The summed E-state index contributed by atoms with van der Waals surface area (Å²) in [5.74, 6) is -1.15. The summed E-state index contributed by atoms with van der Waals surface area (Å²) in [5, 5.41) is 5.69. The molecular formula is C17H10N2O4. The number of anilines is 1. The van der Waals surface area contributed by atoms with Gasteiger partial charge in [0.1, 0.15) is 5.58 Å². The molecule has 23 heavy (non-hydrogen) atoms. The fourth-order valence-electron chi connectivity index (χ4n) is 2.53. The molecule has 1 aliphatic heterocycles. The van der Waals surface area contributed by atoms with Gasteiger partial charge in [-0.05, 0) is 30.3 Å². The van der Waals surface area contributed by atoms with Gasteiger partial charge < -0.3 is 9.73 Å². The highest BCUT2D eigenvalue weighted by atomic mass is 16.3. The van der Waals surface area contributed by atoms with Gasteiger partial charge in [-0.25, -0.2) is 0 Å². The Morgan fingerprint density at radius 3 is 2.57 bits per heavy atom. The number of para-hydroxylation sites is 1. The van der Waals surface area contributed by atoms with Crippen molar-refractivity contribution in [3.63, 3.8) is 0 Å². The molecule has 6 nitrogen and oxygen atoms in total. The van der Waals surface area contributed by atoms with Crippen molar-refractivity contribution in [3.05, 3.63) is 65.4 Å². The van der Waals surface area contributed by atoms with Crippen LogP contribution < -0.4 is 10.6 Å². The molecule has 1 aliphatic rings. The van der Waals surface area contributed by atoms with Crippen molar-refractivity contribution in [2.45, 2.75) is 0 Å². The van der Waals surface area contributed by atoms with Crippen molar-refractivity contribution < 1.29 is 18.8 Å². The summed E-state index contributed by atoms with van der Waals surface area (Å²) in [7, 11) is 0. The zero-order valence-corrected chi connectivity index (χ0v) is 11.8. The first kappa shape index (κ1) is 13.3. The molecule has 2 heterocycles. The summed E-state index contributed by atoms with van der Waals surface area (Å²) in [6.45, 7) is 0. The minimum atomic E-state index is -0.468. The largest absolute Gasteiger partial charge is 0.451 e. The van der Waals surface area contributed by atoms with Crippen molar-refractivity contribution in [1.29, 1.82) is 0 Å². The van der Waals surface area contributed by atoms with Crippen molar-refractivity contribution in [2.24, 2.45) is 0 Å². The summed E-state index contributed by atoms with van der Waals surface area (Å²) in [5.41, 5.74) is 1.59. The summed E-state index contributed by atoms with van der Waals surface area (Å²) >= 11 is 0. The van der Waals surface area contributed by atoms with Crippen molar-refractivity contribution in [3.8, 4) is 0 Å². The molecule has 4 rings (SSSR count). The van der Waals surface area contributed by atoms with Gasteiger partial charge in [0, 0.05) is 11.1 Å². The van der Waals surface area contributed by atoms with Crippen LogP contribution in [0.15, 0.2) is 52.9 Å². The third kappa shape index (κ3) is 2.17. The predicted molar refractivity (Wildman–Crippen MR) is 82.4 cm³/mol. The lowest BCUT2D eigenvalue weighted by Gasteiger charge is -2.04. The fourth-order valence-corrected chi connectivity index (χ4v) is 2.53. The van der Waals surface area contributed by atoms with E-state index in [1.54, 1.807) is 18.2 Å². The second kappa shape index (κ2) is 4.81. The number of furan rings is 1. The zero-order chi connectivity index (χ0) is 16.0. The number of amides is 3. The Labute approximate surface area is 130 Å². The van der Waals surface area contributed by atoms with Crippen LogP contribution in [0.25, 0.3) is 11.0 Å². The molecule has 1 aromatic heterocycles. The number of hydrogen-bond acceptors (Lipinski definition) is 4. The number of fused-ring (bicyclic) bond motifs is 2. The lowest BCUT2D eigenvalue weighted by atomic mass is 10.1. The molecule has 0 spiro atoms. The summed E-state index contributed by atoms with van der Waals surface area (Å²) in [6, 6.07) is 13.5. The lowest BCUT2D eigenvalue weighted by Crippen LogP contribution is -2.19. The first-order valence-corrected chi connectivity index (χ1v) is 6.91. The third-order valence-corrected chi connectivity index (χ3v) is 3.64. The molecule has 0 saturated heterocycles. The van der Waals surface area contributed by atoms with Crippen LogP contribution in [0, 0.1) is 0 Å². The quantitative estimate of drug-likeness (QED) is 0.712. The molecule has 0 bridgehead atoms. The van der Waals surface area contributed by atoms with E-state index >= 15 is 0 Å². The van der Waals surface area contributed by atoms with E-state index in [-0.39, 0.29) is 11.3 Å². The number of carbonyl (C=O) groups is 3. The maximum absolute atomic E-state index is 12.3. The van der Waals surface area contributed by atoms with Gasteiger partial charge >= 0.3 is 0 Å². The molecular weight excluding hydrogens is 296 g/mol. The lowest BCUT2D eigenvalue weighted by molar-refractivity contribution is 0.0878. The van der Waals surface area contributed by atoms with Crippen LogP contribution >= 0.6 is 0 Å². The average Bonchev–Trinajstić information content (AvgIpc) is 3.09. The fraction of sp³-hybridized carbons (Fsp3) is 0. The number of hydrogen-bond donors (Lipinski definition) is 2. The van der Waals surface area contributed by atoms with Crippen molar-refractivity contribution in [1.82, 2.24) is 5.32 Å².